The molecule has 0 radical (unpaired) electrons. The number of ether oxygens (including phenoxy) is 1. The Morgan fingerprint density at radius 3 is 2.73 bits per heavy atom. The number of hydrogen-bond donors (Lipinski definition) is 0. The van der Waals surface area contributed by atoms with Crippen molar-refractivity contribution >= 4 is 5.97 Å². The highest BCUT2D eigenvalue weighted by Gasteiger charge is 2.29. The molecule has 2 heterocycles. The number of aromatic nitrogens is 1. The Bertz CT molecular complexity index is 386. The number of rotatable bonds is 3. The fourth-order valence-corrected chi connectivity index (χ4v) is 1.62. The third-order valence-electron chi connectivity index (χ3n) is 2.57. The summed E-state index contributed by atoms with van der Waals surface area (Å²) in [5, 5.41) is 0. The van der Waals surface area contributed by atoms with E-state index in [-0.39, 0.29) is 5.97 Å². The molecule has 0 bridgehead atoms. The third-order valence-corrected chi connectivity index (χ3v) is 2.57. The van der Waals surface area contributed by atoms with Gasteiger partial charge in [0.1, 0.15) is 5.60 Å². The highest BCUT2D eigenvalue weighted by Crippen LogP contribution is 2.24. The Morgan fingerprint density at radius 2 is 2.13 bits per heavy atom. The van der Waals surface area contributed by atoms with E-state index in [9.17, 15) is 4.79 Å². The van der Waals surface area contributed by atoms with E-state index < -0.39 is 5.60 Å². The lowest BCUT2D eigenvalue weighted by molar-refractivity contribution is -0.144. The summed E-state index contributed by atoms with van der Waals surface area (Å²) in [5.74, 6) is -0.243. The molecule has 15 heavy (non-hydrogen) atoms. The van der Waals surface area contributed by atoms with Gasteiger partial charge in [0.05, 0.1) is 0 Å². The molecule has 0 aromatic carbocycles. The van der Waals surface area contributed by atoms with Gasteiger partial charge in [0, 0.05) is 18.5 Å². The predicted molar refractivity (Wildman–Crippen MR) is 56.2 cm³/mol. The van der Waals surface area contributed by atoms with Gasteiger partial charge in [-0.05, 0) is 43.5 Å². The van der Waals surface area contributed by atoms with E-state index in [0.717, 1.165) is 12.8 Å². The van der Waals surface area contributed by atoms with Crippen molar-refractivity contribution in [2.24, 2.45) is 0 Å². The number of aryl methyl sites for hydroxylation is 1. The smallest absolute Gasteiger partial charge is 0.331 e. The number of carbonyl (C=O) groups is 1. The monoisotopic (exact) mass is 203 g/mol. The molecule has 1 aliphatic heterocycles. The van der Waals surface area contributed by atoms with Gasteiger partial charge in [-0.15, -0.1) is 0 Å². The molecule has 0 saturated carbocycles. The average Bonchev–Trinajstić information content (AvgIpc) is 2.58. The summed E-state index contributed by atoms with van der Waals surface area (Å²) in [5.41, 5.74) is 0.781. The van der Waals surface area contributed by atoms with Crippen LogP contribution in [0.25, 0.3) is 0 Å². The minimum Gasteiger partial charge on any atom is -0.452 e. The second-order valence-electron chi connectivity index (χ2n) is 3.92. The highest BCUT2D eigenvalue weighted by molar-refractivity contribution is 5.85. The van der Waals surface area contributed by atoms with E-state index in [4.69, 9.17) is 4.74 Å². The molecule has 0 fully saturated rings. The van der Waals surface area contributed by atoms with Crippen molar-refractivity contribution in [3.8, 4) is 0 Å². The first kappa shape index (κ1) is 9.90. The van der Waals surface area contributed by atoms with E-state index in [0.29, 0.717) is 0 Å². The van der Waals surface area contributed by atoms with E-state index in [2.05, 4.69) is 4.98 Å². The van der Waals surface area contributed by atoms with E-state index >= 15 is 0 Å². The molecule has 1 unspecified atom stereocenters. The van der Waals surface area contributed by atoms with Gasteiger partial charge in [0.2, 0.25) is 0 Å². The van der Waals surface area contributed by atoms with Gasteiger partial charge in [-0.3, -0.25) is 4.98 Å². The molecule has 2 rings (SSSR count). The lowest BCUT2D eigenvalue weighted by Crippen LogP contribution is -2.24. The molecule has 0 N–H and O–H groups in total. The second-order valence-corrected chi connectivity index (χ2v) is 3.92. The predicted octanol–water partition coefficient (Wildman–Crippen LogP) is 1.89. The first-order chi connectivity index (χ1) is 7.18. The molecule has 1 aromatic rings. The van der Waals surface area contributed by atoms with Crippen LogP contribution in [-0.2, 0) is 16.0 Å². The van der Waals surface area contributed by atoms with Crippen molar-refractivity contribution < 1.29 is 9.53 Å². The average molecular weight is 203 g/mol. The van der Waals surface area contributed by atoms with Crippen molar-refractivity contribution in [2.75, 3.05) is 0 Å². The van der Waals surface area contributed by atoms with Crippen molar-refractivity contribution in [3.05, 3.63) is 42.2 Å². The maximum atomic E-state index is 11.0. The van der Waals surface area contributed by atoms with Crippen molar-refractivity contribution in [2.45, 2.75) is 25.4 Å². The van der Waals surface area contributed by atoms with E-state index in [1.165, 1.54) is 11.6 Å². The van der Waals surface area contributed by atoms with Gasteiger partial charge >= 0.3 is 5.97 Å². The summed E-state index contributed by atoms with van der Waals surface area (Å²) in [7, 11) is 0. The zero-order valence-electron chi connectivity index (χ0n) is 8.64. The van der Waals surface area contributed by atoms with E-state index in [1.54, 1.807) is 12.4 Å². The van der Waals surface area contributed by atoms with Gasteiger partial charge in [-0.2, -0.15) is 0 Å². The van der Waals surface area contributed by atoms with Crippen molar-refractivity contribution in [1.29, 1.82) is 0 Å². The van der Waals surface area contributed by atoms with Crippen LogP contribution >= 0.6 is 0 Å². The highest BCUT2D eigenvalue weighted by atomic mass is 16.6. The van der Waals surface area contributed by atoms with Crippen LogP contribution in [0.4, 0.5) is 0 Å². The van der Waals surface area contributed by atoms with Gasteiger partial charge in [0.25, 0.3) is 0 Å². The Balaban J connectivity index is 1.94. The number of hydrogen-bond acceptors (Lipinski definition) is 3. The van der Waals surface area contributed by atoms with Crippen LogP contribution < -0.4 is 0 Å². The molecule has 0 spiro atoms. The zero-order chi connectivity index (χ0) is 10.7. The van der Waals surface area contributed by atoms with Gasteiger partial charge in [0.15, 0.2) is 0 Å². The lowest BCUT2D eigenvalue weighted by atomic mass is 9.98. The molecule has 3 heteroatoms. The van der Waals surface area contributed by atoms with Gasteiger partial charge in [-0.25, -0.2) is 4.79 Å². The second kappa shape index (κ2) is 3.85. The first-order valence-electron chi connectivity index (χ1n) is 4.99. The number of cyclic esters (lactones) is 1. The number of nitrogens with zero attached hydrogens (tertiary/aromatic N) is 1. The van der Waals surface area contributed by atoms with Crippen LogP contribution in [0, 0.1) is 0 Å². The summed E-state index contributed by atoms with van der Waals surface area (Å²) >= 11 is 0. The normalized spacial score (nSPS) is 24.2. The Kier molecular flexibility index (Phi) is 2.54. The van der Waals surface area contributed by atoms with E-state index in [1.807, 2.05) is 25.1 Å². The van der Waals surface area contributed by atoms with Crippen molar-refractivity contribution in [3.63, 3.8) is 0 Å². The quantitative estimate of drug-likeness (QED) is 0.704. The summed E-state index contributed by atoms with van der Waals surface area (Å²) in [6, 6.07) is 3.95. The molecule has 0 amide bonds. The Hall–Kier alpha value is -1.64. The van der Waals surface area contributed by atoms with Crippen molar-refractivity contribution in [1.82, 2.24) is 4.98 Å². The Morgan fingerprint density at radius 1 is 1.40 bits per heavy atom. The summed E-state index contributed by atoms with van der Waals surface area (Å²) in [4.78, 5) is 14.9. The summed E-state index contributed by atoms with van der Waals surface area (Å²) in [6.07, 6.45) is 8.56. The Labute approximate surface area is 88.8 Å². The molecule has 1 atom stereocenters. The molecule has 0 saturated heterocycles. The molecule has 0 aliphatic carbocycles. The fourth-order valence-electron chi connectivity index (χ4n) is 1.62. The number of carbonyl (C=O) groups excluding carboxylic acids is 1. The van der Waals surface area contributed by atoms with Crippen LogP contribution in [0.1, 0.15) is 18.9 Å². The maximum absolute atomic E-state index is 11.0. The first-order valence-corrected chi connectivity index (χ1v) is 4.99. The van der Waals surface area contributed by atoms with Crippen LogP contribution in [0.5, 0.6) is 0 Å². The van der Waals surface area contributed by atoms with Crippen LogP contribution in [0.2, 0.25) is 0 Å². The molecule has 3 nitrogen and oxygen atoms in total. The topological polar surface area (TPSA) is 39.2 Å². The van der Waals surface area contributed by atoms with Gasteiger partial charge < -0.3 is 4.74 Å². The minimum atomic E-state index is -0.430. The molecule has 78 valence electrons. The van der Waals surface area contributed by atoms with Crippen LogP contribution in [-0.4, -0.2) is 16.6 Å². The molecule has 1 aliphatic rings. The minimum absolute atomic E-state index is 0.243. The van der Waals surface area contributed by atoms with Gasteiger partial charge in [-0.1, -0.05) is 0 Å². The number of pyridine rings is 1. The SMILES string of the molecule is CC1(CCc2ccncc2)C=CC(=O)O1. The molecular formula is C12H13NO2. The van der Waals surface area contributed by atoms with Crippen LogP contribution in [0.15, 0.2) is 36.7 Å². The third kappa shape index (κ3) is 2.43. The standard InChI is InChI=1S/C12H13NO2/c1-12(7-3-11(14)15-12)6-2-10-4-8-13-9-5-10/h3-5,7-9H,2,6H2,1H3. The lowest BCUT2D eigenvalue weighted by Gasteiger charge is -2.21. The molecule has 1 aromatic heterocycles. The fraction of sp³-hybridized carbons (Fsp3) is 0.333. The zero-order valence-corrected chi connectivity index (χ0v) is 8.64. The largest absolute Gasteiger partial charge is 0.452 e. The maximum Gasteiger partial charge on any atom is 0.331 e. The molecular weight excluding hydrogens is 190 g/mol. The van der Waals surface area contributed by atoms with Crippen LogP contribution in [0.3, 0.4) is 0 Å². The summed E-state index contributed by atoms with van der Waals surface area (Å²) < 4.78 is 5.20. The number of esters is 1. The summed E-state index contributed by atoms with van der Waals surface area (Å²) in [6.45, 7) is 1.93.